The van der Waals surface area contributed by atoms with Crippen LogP contribution in [0.4, 0.5) is 0 Å². The van der Waals surface area contributed by atoms with Crippen LogP contribution in [0.5, 0.6) is 0 Å². The predicted molar refractivity (Wildman–Crippen MR) is 69.2 cm³/mol. The Morgan fingerprint density at radius 1 is 1.50 bits per heavy atom. The number of halogens is 2. The highest BCUT2D eigenvalue weighted by Crippen LogP contribution is 2.23. The molecular weight excluding hydrogens is 277 g/mol. The first-order valence-electron chi connectivity index (χ1n) is 5.58. The third kappa shape index (κ3) is 2.95. The first-order chi connectivity index (χ1) is 8.61. The second-order valence-corrected chi connectivity index (χ2v) is 4.89. The van der Waals surface area contributed by atoms with Gasteiger partial charge in [0.15, 0.2) is 0 Å². The Labute approximate surface area is 115 Å². The molecule has 1 unspecified atom stereocenters. The minimum Gasteiger partial charge on any atom is -0.394 e. The molecular formula is C12H13Cl2NO3. The number of morpholine rings is 1. The fourth-order valence-corrected chi connectivity index (χ4v) is 2.34. The van der Waals surface area contributed by atoms with Gasteiger partial charge in [0.1, 0.15) is 0 Å². The molecule has 6 heteroatoms. The molecule has 0 bridgehead atoms. The summed E-state index contributed by atoms with van der Waals surface area (Å²) in [4.78, 5) is 13.9. The minimum absolute atomic E-state index is 0.0991. The van der Waals surface area contributed by atoms with Crippen LogP contribution < -0.4 is 0 Å². The molecule has 0 radical (unpaired) electrons. The Morgan fingerprint density at radius 2 is 2.28 bits per heavy atom. The number of rotatable bonds is 2. The maximum Gasteiger partial charge on any atom is 0.255 e. The van der Waals surface area contributed by atoms with Crippen molar-refractivity contribution in [3.05, 3.63) is 33.8 Å². The number of amides is 1. The van der Waals surface area contributed by atoms with Crippen molar-refractivity contribution in [3.8, 4) is 0 Å². The maximum absolute atomic E-state index is 12.3. The highest BCUT2D eigenvalue weighted by molar-refractivity contribution is 6.36. The van der Waals surface area contributed by atoms with Gasteiger partial charge in [-0.25, -0.2) is 0 Å². The fourth-order valence-electron chi connectivity index (χ4n) is 1.85. The van der Waals surface area contributed by atoms with E-state index in [-0.39, 0.29) is 18.6 Å². The van der Waals surface area contributed by atoms with Gasteiger partial charge in [0.05, 0.1) is 29.9 Å². The van der Waals surface area contributed by atoms with Gasteiger partial charge in [0.2, 0.25) is 0 Å². The van der Waals surface area contributed by atoms with E-state index in [1.54, 1.807) is 23.1 Å². The van der Waals surface area contributed by atoms with E-state index in [2.05, 4.69) is 0 Å². The summed E-state index contributed by atoms with van der Waals surface area (Å²) in [6.07, 6.45) is -0.325. The van der Waals surface area contributed by atoms with Crippen LogP contribution in [0.3, 0.4) is 0 Å². The average Bonchev–Trinajstić information content (AvgIpc) is 2.38. The molecule has 1 aliphatic heterocycles. The topological polar surface area (TPSA) is 49.8 Å². The third-order valence-corrected chi connectivity index (χ3v) is 3.34. The number of carbonyl (C=O) groups excluding carboxylic acids is 1. The number of nitrogens with zero attached hydrogens (tertiary/aromatic N) is 1. The van der Waals surface area contributed by atoms with Gasteiger partial charge >= 0.3 is 0 Å². The van der Waals surface area contributed by atoms with E-state index >= 15 is 0 Å². The highest BCUT2D eigenvalue weighted by atomic mass is 35.5. The number of hydrogen-bond donors (Lipinski definition) is 1. The van der Waals surface area contributed by atoms with Crippen LogP contribution >= 0.6 is 23.2 Å². The molecule has 1 aromatic rings. The zero-order chi connectivity index (χ0) is 13.1. The normalized spacial score (nSPS) is 19.9. The van der Waals surface area contributed by atoms with Gasteiger partial charge in [-0.3, -0.25) is 4.79 Å². The number of ether oxygens (including phenoxy) is 1. The van der Waals surface area contributed by atoms with Crippen molar-refractivity contribution in [2.24, 2.45) is 0 Å². The van der Waals surface area contributed by atoms with Crippen LogP contribution in [0.1, 0.15) is 10.4 Å². The Kier molecular flexibility index (Phi) is 4.45. The molecule has 1 amide bonds. The van der Waals surface area contributed by atoms with Crippen LogP contribution in [0, 0.1) is 0 Å². The van der Waals surface area contributed by atoms with E-state index in [1.165, 1.54) is 0 Å². The van der Waals surface area contributed by atoms with Crippen LogP contribution in [0.15, 0.2) is 18.2 Å². The second-order valence-electron chi connectivity index (χ2n) is 4.05. The molecule has 1 saturated heterocycles. The minimum atomic E-state index is -0.325. The fraction of sp³-hybridized carbons (Fsp3) is 0.417. The van der Waals surface area contributed by atoms with E-state index in [9.17, 15) is 4.79 Å². The summed E-state index contributed by atoms with van der Waals surface area (Å²) in [6, 6.07) is 4.78. The number of carbonyl (C=O) groups is 1. The molecule has 0 aromatic heterocycles. The van der Waals surface area contributed by atoms with Gasteiger partial charge in [-0.1, -0.05) is 23.2 Å². The van der Waals surface area contributed by atoms with Gasteiger partial charge in [-0.15, -0.1) is 0 Å². The molecule has 0 saturated carbocycles. The van der Waals surface area contributed by atoms with Crippen LogP contribution in [-0.4, -0.2) is 48.3 Å². The molecule has 2 rings (SSSR count). The maximum atomic E-state index is 12.3. The number of benzene rings is 1. The van der Waals surface area contributed by atoms with Crippen molar-refractivity contribution >= 4 is 29.1 Å². The molecule has 4 nitrogen and oxygen atoms in total. The third-order valence-electron chi connectivity index (χ3n) is 2.79. The lowest BCUT2D eigenvalue weighted by Gasteiger charge is -2.32. The summed E-state index contributed by atoms with van der Waals surface area (Å²) < 4.78 is 5.29. The Hall–Kier alpha value is -0.810. The Balaban J connectivity index is 2.15. The average molecular weight is 290 g/mol. The van der Waals surface area contributed by atoms with Gasteiger partial charge in [-0.2, -0.15) is 0 Å². The molecule has 1 aliphatic rings. The monoisotopic (exact) mass is 289 g/mol. The number of hydrogen-bond acceptors (Lipinski definition) is 3. The zero-order valence-electron chi connectivity index (χ0n) is 9.60. The summed E-state index contributed by atoms with van der Waals surface area (Å²) in [5.74, 6) is -0.168. The van der Waals surface area contributed by atoms with Crippen molar-refractivity contribution in [1.29, 1.82) is 0 Å². The van der Waals surface area contributed by atoms with Gasteiger partial charge in [0.25, 0.3) is 5.91 Å². The standard InChI is InChI=1S/C12H13Cl2NO3/c13-8-1-2-10(11(14)5-8)12(17)15-3-4-18-9(6-15)7-16/h1-2,5,9,16H,3-4,6-7H2. The molecule has 1 atom stereocenters. The molecule has 0 spiro atoms. The largest absolute Gasteiger partial charge is 0.394 e. The second kappa shape index (κ2) is 5.89. The smallest absolute Gasteiger partial charge is 0.255 e. The SMILES string of the molecule is O=C(c1ccc(Cl)cc1Cl)N1CCOC(CO)C1. The Bertz CT molecular complexity index is 453. The van der Waals surface area contributed by atoms with E-state index in [0.717, 1.165) is 0 Å². The van der Waals surface area contributed by atoms with Crippen molar-refractivity contribution in [3.63, 3.8) is 0 Å². The van der Waals surface area contributed by atoms with E-state index < -0.39 is 0 Å². The van der Waals surface area contributed by atoms with Crippen molar-refractivity contribution in [1.82, 2.24) is 4.90 Å². The lowest BCUT2D eigenvalue weighted by atomic mass is 10.1. The van der Waals surface area contributed by atoms with Crippen molar-refractivity contribution in [2.75, 3.05) is 26.3 Å². The summed E-state index contributed by atoms with van der Waals surface area (Å²) in [5, 5.41) is 9.87. The van der Waals surface area contributed by atoms with Crippen molar-refractivity contribution < 1.29 is 14.6 Å². The first-order valence-corrected chi connectivity index (χ1v) is 6.34. The summed E-state index contributed by atoms with van der Waals surface area (Å²) in [7, 11) is 0. The van der Waals surface area contributed by atoms with Crippen LogP contribution in [0.2, 0.25) is 10.0 Å². The van der Waals surface area contributed by atoms with E-state index in [0.29, 0.717) is 35.3 Å². The highest BCUT2D eigenvalue weighted by Gasteiger charge is 2.25. The quantitative estimate of drug-likeness (QED) is 0.904. The van der Waals surface area contributed by atoms with Crippen LogP contribution in [0.25, 0.3) is 0 Å². The van der Waals surface area contributed by atoms with Gasteiger partial charge < -0.3 is 14.7 Å². The molecule has 1 aromatic carbocycles. The molecule has 1 fully saturated rings. The molecule has 1 N–H and O–H groups in total. The lowest BCUT2D eigenvalue weighted by Crippen LogP contribution is -2.46. The van der Waals surface area contributed by atoms with Crippen LogP contribution in [-0.2, 0) is 4.74 Å². The van der Waals surface area contributed by atoms with Gasteiger partial charge in [0, 0.05) is 18.1 Å². The van der Waals surface area contributed by atoms with E-state index in [4.69, 9.17) is 33.0 Å². The molecule has 98 valence electrons. The first kappa shape index (κ1) is 13.6. The van der Waals surface area contributed by atoms with Crippen molar-refractivity contribution in [2.45, 2.75) is 6.10 Å². The lowest BCUT2D eigenvalue weighted by molar-refractivity contribution is -0.0447. The summed E-state index contributed by atoms with van der Waals surface area (Å²) in [6.45, 7) is 1.18. The number of aliphatic hydroxyl groups excluding tert-OH is 1. The summed E-state index contributed by atoms with van der Waals surface area (Å²) >= 11 is 11.8. The molecule has 0 aliphatic carbocycles. The van der Waals surface area contributed by atoms with Gasteiger partial charge in [-0.05, 0) is 18.2 Å². The number of aliphatic hydroxyl groups is 1. The molecule has 1 heterocycles. The molecule has 18 heavy (non-hydrogen) atoms. The van der Waals surface area contributed by atoms with E-state index in [1.807, 2.05) is 0 Å². The Morgan fingerprint density at radius 3 is 2.94 bits per heavy atom. The predicted octanol–water partition coefficient (Wildman–Crippen LogP) is 1.83. The summed E-state index contributed by atoms with van der Waals surface area (Å²) in [5.41, 5.74) is 0.416. The zero-order valence-corrected chi connectivity index (χ0v) is 11.1.